The maximum Gasteiger partial charge on any atom is 0.326 e. The van der Waals surface area contributed by atoms with Gasteiger partial charge in [0.2, 0.25) is 0 Å². The molecule has 6 rings (SSSR count). The maximum absolute atomic E-state index is 12.4. The normalized spacial score (nSPS) is 17.8. The van der Waals surface area contributed by atoms with Crippen molar-refractivity contribution in [2.45, 2.75) is 35.2 Å². The number of rotatable bonds is 5. The standard InChI is InChI=1S/C28H29ClN4OS.2ClH/c29-21-10-11-26-20(18-21)19-25(22-6-1-4-9-27(22)35-26)32-16-14-31(15-17-32)12-5-13-33-24-8-3-2-7-23(24)30-28(33)34;;/h1-4,6-11,18,25H,5,12-17,19H2,(H,30,34);2*1H. The van der Waals surface area contributed by atoms with Crippen LogP contribution in [0.1, 0.15) is 23.6 Å². The second-order valence-electron chi connectivity index (χ2n) is 9.44. The summed E-state index contributed by atoms with van der Waals surface area (Å²) in [5.41, 5.74) is 4.66. The first-order valence-corrected chi connectivity index (χ1v) is 13.5. The quantitative estimate of drug-likeness (QED) is 0.303. The second kappa shape index (κ2) is 12.3. The lowest BCUT2D eigenvalue weighted by molar-refractivity contribution is 0.0929. The molecule has 0 aliphatic carbocycles. The fraction of sp³-hybridized carbons (Fsp3) is 0.321. The molecule has 5 nitrogen and oxygen atoms in total. The summed E-state index contributed by atoms with van der Waals surface area (Å²) in [5.74, 6) is 0. The molecule has 0 saturated carbocycles. The van der Waals surface area contributed by atoms with E-state index in [1.54, 1.807) is 0 Å². The third-order valence-corrected chi connectivity index (χ3v) is 8.76. The van der Waals surface area contributed by atoms with Crippen LogP contribution in [0.15, 0.2) is 81.3 Å². The molecular formula is C28H31Cl3N4OS. The van der Waals surface area contributed by atoms with Crippen LogP contribution >= 0.6 is 48.2 Å². The van der Waals surface area contributed by atoms with Crippen LogP contribution in [0.2, 0.25) is 5.02 Å². The van der Waals surface area contributed by atoms with Crippen molar-refractivity contribution in [3.63, 3.8) is 0 Å². The highest BCUT2D eigenvalue weighted by Crippen LogP contribution is 2.43. The molecule has 1 unspecified atom stereocenters. The van der Waals surface area contributed by atoms with Crippen molar-refractivity contribution in [1.29, 1.82) is 0 Å². The number of hydrogen-bond donors (Lipinski definition) is 1. The van der Waals surface area contributed by atoms with E-state index in [9.17, 15) is 4.79 Å². The van der Waals surface area contributed by atoms with Crippen molar-refractivity contribution < 1.29 is 0 Å². The SMILES string of the molecule is Cl.Cl.O=c1[nH]c2ccccc2n1CCCN1CCN(C2Cc3cc(Cl)ccc3Sc3ccccc32)CC1. The summed E-state index contributed by atoms with van der Waals surface area (Å²) < 4.78 is 1.87. The van der Waals surface area contributed by atoms with Gasteiger partial charge < -0.3 is 9.88 Å². The number of piperazine rings is 1. The van der Waals surface area contributed by atoms with Gasteiger partial charge in [-0.2, -0.15) is 0 Å². The molecule has 0 radical (unpaired) electrons. The highest BCUT2D eigenvalue weighted by Gasteiger charge is 2.29. The summed E-state index contributed by atoms with van der Waals surface area (Å²) in [4.78, 5) is 23.2. The first kappa shape index (κ1) is 28.1. The zero-order chi connectivity index (χ0) is 23.8. The van der Waals surface area contributed by atoms with Gasteiger partial charge in [0.1, 0.15) is 0 Å². The fourth-order valence-corrected chi connectivity index (χ4v) is 6.81. The molecule has 1 atom stereocenters. The first-order chi connectivity index (χ1) is 17.2. The van der Waals surface area contributed by atoms with Crippen LogP contribution in [0.4, 0.5) is 0 Å². The topological polar surface area (TPSA) is 44.3 Å². The number of benzene rings is 3. The third-order valence-electron chi connectivity index (χ3n) is 7.32. The number of fused-ring (bicyclic) bond motifs is 3. The van der Waals surface area contributed by atoms with Gasteiger partial charge in [0.05, 0.1) is 11.0 Å². The Morgan fingerprint density at radius 2 is 1.65 bits per heavy atom. The maximum atomic E-state index is 12.4. The zero-order valence-electron chi connectivity index (χ0n) is 20.4. The number of imidazole rings is 1. The fourth-order valence-electron chi connectivity index (χ4n) is 5.50. The van der Waals surface area contributed by atoms with E-state index in [-0.39, 0.29) is 30.5 Å². The Labute approximate surface area is 239 Å². The van der Waals surface area contributed by atoms with Crippen molar-refractivity contribution in [3.05, 3.63) is 93.4 Å². The molecule has 4 aromatic rings. The summed E-state index contributed by atoms with van der Waals surface area (Å²) >= 11 is 8.23. The van der Waals surface area contributed by atoms with Gasteiger partial charge in [0.15, 0.2) is 0 Å². The first-order valence-electron chi connectivity index (χ1n) is 12.3. The van der Waals surface area contributed by atoms with E-state index in [4.69, 9.17) is 11.6 Å². The van der Waals surface area contributed by atoms with Crippen LogP contribution in [0, 0.1) is 0 Å². The van der Waals surface area contributed by atoms with E-state index in [0.29, 0.717) is 6.04 Å². The minimum Gasteiger partial charge on any atom is -0.306 e. The number of para-hydroxylation sites is 2. The average Bonchev–Trinajstić information content (AvgIpc) is 3.10. The molecule has 1 fully saturated rings. The number of hydrogen-bond acceptors (Lipinski definition) is 4. The molecule has 9 heteroatoms. The van der Waals surface area contributed by atoms with Crippen LogP contribution < -0.4 is 5.69 Å². The number of H-pyrrole nitrogens is 1. The minimum absolute atomic E-state index is 0. The van der Waals surface area contributed by atoms with Gasteiger partial charge in [-0.15, -0.1) is 24.8 Å². The van der Waals surface area contributed by atoms with Crippen molar-refractivity contribution in [2.75, 3.05) is 32.7 Å². The van der Waals surface area contributed by atoms with Crippen LogP contribution in [-0.2, 0) is 13.0 Å². The third kappa shape index (κ3) is 5.90. The Morgan fingerprint density at radius 3 is 2.49 bits per heavy atom. The van der Waals surface area contributed by atoms with Crippen molar-refractivity contribution in [3.8, 4) is 0 Å². The molecule has 3 aromatic carbocycles. The molecule has 2 aliphatic heterocycles. The van der Waals surface area contributed by atoms with E-state index in [1.807, 2.05) is 46.7 Å². The summed E-state index contributed by atoms with van der Waals surface area (Å²) in [7, 11) is 0. The summed E-state index contributed by atoms with van der Waals surface area (Å²) in [5, 5.41) is 0.813. The van der Waals surface area contributed by atoms with Crippen LogP contribution in [0.5, 0.6) is 0 Å². The van der Waals surface area contributed by atoms with Gasteiger partial charge in [-0.25, -0.2) is 4.79 Å². The molecule has 0 amide bonds. The molecular weight excluding hydrogens is 547 g/mol. The van der Waals surface area contributed by atoms with E-state index < -0.39 is 0 Å². The molecule has 2 aliphatic rings. The van der Waals surface area contributed by atoms with Gasteiger partial charge in [-0.05, 0) is 66.9 Å². The van der Waals surface area contributed by atoms with Crippen molar-refractivity contribution >= 4 is 59.2 Å². The molecule has 37 heavy (non-hydrogen) atoms. The van der Waals surface area contributed by atoms with Gasteiger partial charge in [-0.3, -0.25) is 9.47 Å². The summed E-state index contributed by atoms with van der Waals surface area (Å²) in [6, 6.07) is 23.4. The van der Waals surface area contributed by atoms with Gasteiger partial charge in [0.25, 0.3) is 0 Å². The predicted octanol–water partition coefficient (Wildman–Crippen LogP) is 6.28. The Hall–Kier alpha value is -1.93. The largest absolute Gasteiger partial charge is 0.326 e. The molecule has 196 valence electrons. The summed E-state index contributed by atoms with van der Waals surface area (Å²) in [6.07, 6.45) is 1.96. The smallest absolute Gasteiger partial charge is 0.306 e. The van der Waals surface area contributed by atoms with E-state index in [2.05, 4.69) is 51.2 Å². The van der Waals surface area contributed by atoms with Crippen molar-refractivity contribution in [1.82, 2.24) is 19.4 Å². The lowest BCUT2D eigenvalue weighted by Gasteiger charge is -2.39. The number of nitrogens with one attached hydrogen (secondary N) is 1. The van der Waals surface area contributed by atoms with E-state index in [1.165, 1.54) is 20.9 Å². The highest BCUT2D eigenvalue weighted by molar-refractivity contribution is 7.99. The number of aromatic amines is 1. The van der Waals surface area contributed by atoms with Gasteiger partial charge >= 0.3 is 5.69 Å². The Kier molecular flexibility index (Phi) is 9.33. The zero-order valence-corrected chi connectivity index (χ0v) is 23.6. The molecule has 1 aromatic heterocycles. The Bertz CT molecular complexity index is 1410. The average molecular weight is 578 g/mol. The molecule has 0 bridgehead atoms. The predicted molar refractivity (Wildman–Crippen MR) is 158 cm³/mol. The molecule has 1 N–H and O–H groups in total. The lowest BCUT2D eigenvalue weighted by atomic mass is 9.96. The number of halogens is 3. The van der Waals surface area contributed by atoms with E-state index >= 15 is 0 Å². The van der Waals surface area contributed by atoms with Crippen LogP contribution in [0.3, 0.4) is 0 Å². The highest BCUT2D eigenvalue weighted by atomic mass is 35.5. The van der Waals surface area contributed by atoms with Crippen molar-refractivity contribution in [2.24, 2.45) is 0 Å². The summed E-state index contributed by atoms with van der Waals surface area (Å²) in [6.45, 7) is 5.95. The molecule has 3 heterocycles. The Balaban J connectivity index is 0.00000160. The van der Waals surface area contributed by atoms with Crippen LogP contribution in [-0.4, -0.2) is 52.1 Å². The minimum atomic E-state index is -0.0127. The van der Waals surface area contributed by atoms with E-state index in [0.717, 1.165) is 68.2 Å². The van der Waals surface area contributed by atoms with Crippen LogP contribution in [0.25, 0.3) is 11.0 Å². The second-order valence-corrected chi connectivity index (χ2v) is 11.0. The molecule has 0 spiro atoms. The lowest BCUT2D eigenvalue weighted by Crippen LogP contribution is -2.48. The number of nitrogens with zero attached hydrogens (tertiary/aromatic N) is 3. The molecule has 1 saturated heterocycles. The van der Waals surface area contributed by atoms with Gasteiger partial charge in [-0.1, -0.05) is 53.7 Å². The van der Waals surface area contributed by atoms with Gasteiger partial charge in [0, 0.05) is 53.6 Å². The Morgan fingerprint density at radius 1 is 0.892 bits per heavy atom. The monoisotopic (exact) mass is 576 g/mol. The number of aryl methyl sites for hydroxylation is 1. The number of aromatic nitrogens is 2.